The third kappa shape index (κ3) is 7.25. The Morgan fingerprint density at radius 3 is 2.72 bits per heavy atom. The number of aromatic nitrogens is 2. The second-order valence-corrected chi connectivity index (χ2v) is 7.66. The molecular formula is C19H29N7O6. The lowest BCUT2D eigenvalue weighted by Gasteiger charge is -2.18. The fourth-order valence-corrected chi connectivity index (χ4v) is 3.51. The summed E-state index contributed by atoms with van der Waals surface area (Å²) >= 11 is 0. The largest absolute Gasteiger partial charge is 0.480 e. The number of amides is 4. The van der Waals surface area contributed by atoms with E-state index in [0.717, 1.165) is 12.1 Å². The first-order valence-corrected chi connectivity index (χ1v) is 10.3. The molecule has 13 nitrogen and oxygen atoms in total. The molecule has 3 atom stereocenters. The summed E-state index contributed by atoms with van der Waals surface area (Å²) in [4.78, 5) is 59.9. The molecule has 4 amide bonds. The molecule has 176 valence electrons. The van der Waals surface area contributed by atoms with Gasteiger partial charge in [0, 0.05) is 25.4 Å². The molecule has 3 rings (SSSR count). The zero-order valence-electron chi connectivity index (χ0n) is 17.8. The van der Waals surface area contributed by atoms with Crippen molar-refractivity contribution in [3.05, 3.63) is 18.2 Å². The minimum atomic E-state index is -0.974. The second-order valence-electron chi connectivity index (χ2n) is 7.66. The van der Waals surface area contributed by atoms with Gasteiger partial charge in [0.05, 0.1) is 11.9 Å². The van der Waals surface area contributed by atoms with Crippen molar-refractivity contribution in [3.8, 4) is 0 Å². The normalized spacial score (nSPS) is 20.5. The third-order valence-corrected chi connectivity index (χ3v) is 5.09. The first-order valence-electron chi connectivity index (χ1n) is 10.3. The van der Waals surface area contributed by atoms with E-state index >= 15 is 0 Å². The summed E-state index contributed by atoms with van der Waals surface area (Å²) in [5.41, 5.74) is 8.48. The quantitative estimate of drug-likeness (QED) is 0.265. The van der Waals surface area contributed by atoms with Gasteiger partial charge in [0.25, 0.3) is 0 Å². The monoisotopic (exact) mass is 451 g/mol. The fourth-order valence-electron chi connectivity index (χ4n) is 3.51. The number of aliphatic carboxylic acids is 1. The lowest BCUT2D eigenvalue weighted by Crippen LogP contribution is -2.45. The molecule has 0 spiro atoms. The topological polar surface area (TPSA) is 189 Å². The number of imidazole rings is 1. The number of hydrogen-bond donors (Lipinski definition) is 5. The highest BCUT2D eigenvalue weighted by Crippen LogP contribution is 2.13. The van der Waals surface area contributed by atoms with Gasteiger partial charge in [0.2, 0.25) is 24.1 Å². The van der Waals surface area contributed by atoms with Crippen LogP contribution in [0.2, 0.25) is 0 Å². The van der Waals surface area contributed by atoms with Crippen molar-refractivity contribution in [2.75, 3.05) is 18.5 Å². The van der Waals surface area contributed by atoms with Crippen LogP contribution in [-0.2, 0) is 30.4 Å². The van der Waals surface area contributed by atoms with Gasteiger partial charge in [-0.1, -0.05) is 0 Å². The van der Waals surface area contributed by atoms with E-state index in [9.17, 15) is 24.0 Å². The van der Waals surface area contributed by atoms with E-state index in [2.05, 4.69) is 21.0 Å². The number of carbonyl (C=O) groups is 5. The van der Waals surface area contributed by atoms with Crippen molar-refractivity contribution in [2.45, 2.75) is 57.2 Å². The molecule has 2 fully saturated rings. The van der Waals surface area contributed by atoms with Crippen molar-refractivity contribution in [1.29, 1.82) is 0 Å². The van der Waals surface area contributed by atoms with E-state index in [1.54, 1.807) is 6.20 Å². The van der Waals surface area contributed by atoms with Gasteiger partial charge < -0.3 is 31.8 Å². The van der Waals surface area contributed by atoms with Gasteiger partial charge in [-0.05, 0) is 26.2 Å². The Hall–Kier alpha value is -3.64. The standard InChI is InChI=1S/C13H19N5O4.C6H10N2O2/c1-8(16-13(22)10-2-3-11(19)17-10)4-9-5-14-7-18(9)15-6-12(20)21;7-6(10)5-2-1-3-8(5)4-9/h5,7-8,10,15H,2-4,6H2,1H3,(H,16,22)(H,17,19)(H,20,21);4-5H,1-3H2,(H2,7,10). The molecule has 1 aromatic heterocycles. The molecule has 6 N–H and O–H groups in total. The number of nitrogens with two attached hydrogens (primary N) is 1. The molecule has 13 heteroatoms. The fraction of sp³-hybridized carbons (Fsp3) is 0.579. The Morgan fingerprint density at radius 2 is 2.16 bits per heavy atom. The molecule has 0 aliphatic carbocycles. The number of likely N-dealkylation sites (tertiary alicyclic amines) is 1. The van der Waals surface area contributed by atoms with Crippen LogP contribution >= 0.6 is 0 Å². The Kier molecular flexibility index (Phi) is 8.98. The van der Waals surface area contributed by atoms with Gasteiger partial charge in [-0.15, -0.1) is 0 Å². The van der Waals surface area contributed by atoms with Crippen LogP contribution in [0.15, 0.2) is 12.5 Å². The maximum Gasteiger partial charge on any atom is 0.324 e. The Labute approximate surface area is 184 Å². The van der Waals surface area contributed by atoms with Gasteiger partial charge in [-0.3, -0.25) is 28.6 Å². The summed E-state index contributed by atoms with van der Waals surface area (Å²) in [7, 11) is 0. The molecule has 2 aliphatic heterocycles. The van der Waals surface area contributed by atoms with Crippen LogP contribution in [0.5, 0.6) is 0 Å². The predicted molar refractivity (Wildman–Crippen MR) is 112 cm³/mol. The molecule has 2 aliphatic rings. The number of carboxylic acid groups (broad SMARTS) is 1. The van der Waals surface area contributed by atoms with Crippen molar-refractivity contribution in [1.82, 2.24) is 25.2 Å². The SMILES string of the molecule is CC(Cc1cncn1NCC(=O)O)NC(=O)C1CCC(=O)N1.NC(=O)C1CCCN1C=O. The molecule has 2 saturated heterocycles. The summed E-state index contributed by atoms with van der Waals surface area (Å²) in [5, 5.41) is 14.1. The van der Waals surface area contributed by atoms with Gasteiger partial charge in [-0.25, -0.2) is 4.98 Å². The Morgan fingerprint density at radius 1 is 1.41 bits per heavy atom. The summed E-state index contributed by atoms with van der Waals surface area (Å²) in [6, 6.07) is -0.991. The van der Waals surface area contributed by atoms with Crippen molar-refractivity contribution in [3.63, 3.8) is 0 Å². The summed E-state index contributed by atoms with van der Waals surface area (Å²) in [5.74, 6) is -1.69. The zero-order valence-corrected chi connectivity index (χ0v) is 17.8. The molecule has 0 aromatic carbocycles. The number of primary amides is 1. The van der Waals surface area contributed by atoms with Crippen LogP contribution in [0.1, 0.15) is 38.3 Å². The van der Waals surface area contributed by atoms with E-state index in [0.29, 0.717) is 38.6 Å². The van der Waals surface area contributed by atoms with Crippen LogP contribution in [0.3, 0.4) is 0 Å². The van der Waals surface area contributed by atoms with E-state index in [4.69, 9.17) is 10.8 Å². The number of nitrogens with one attached hydrogen (secondary N) is 3. The first kappa shape index (κ1) is 24.6. The Balaban J connectivity index is 0.000000303. The maximum absolute atomic E-state index is 12.0. The number of carboxylic acids is 1. The molecular weight excluding hydrogens is 422 g/mol. The van der Waals surface area contributed by atoms with Gasteiger partial charge in [-0.2, -0.15) is 0 Å². The van der Waals surface area contributed by atoms with Crippen molar-refractivity contribution >= 4 is 30.1 Å². The van der Waals surface area contributed by atoms with Crippen LogP contribution in [0.4, 0.5) is 0 Å². The van der Waals surface area contributed by atoms with E-state index in [1.165, 1.54) is 15.9 Å². The lowest BCUT2D eigenvalue weighted by molar-refractivity contribution is -0.135. The van der Waals surface area contributed by atoms with Crippen LogP contribution in [0.25, 0.3) is 0 Å². The van der Waals surface area contributed by atoms with Crippen molar-refractivity contribution in [2.24, 2.45) is 5.73 Å². The minimum absolute atomic E-state index is 0.108. The summed E-state index contributed by atoms with van der Waals surface area (Å²) in [6.07, 6.45) is 6.73. The second kappa shape index (κ2) is 11.7. The lowest BCUT2D eigenvalue weighted by atomic mass is 10.1. The number of hydrogen-bond acceptors (Lipinski definition) is 7. The highest BCUT2D eigenvalue weighted by Gasteiger charge is 2.28. The van der Waals surface area contributed by atoms with Gasteiger partial charge >= 0.3 is 5.97 Å². The average Bonchev–Trinajstić information content (AvgIpc) is 3.47. The first-order chi connectivity index (χ1) is 15.2. The van der Waals surface area contributed by atoms with Crippen LogP contribution < -0.4 is 21.8 Å². The molecule has 0 saturated carbocycles. The minimum Gasteiger partial charge on any atom is -0.480 e. The molecule has 32 heavy (non-hydrogen) atoms. The number of rotatable bonds is 9. The summed E-state index contributed by atoms with van der Waals surface area (Å²) in [6.45, 7) is 2.28. The number of carbonyl (C=O) groups excluding carboxylic acids is 4. The summed E-state index contributed by atoms with van der Waals surface area (Å²) < 4.78 is 1.52. The van der Waals surface area contributed by atoms with Gasteiger partial charge in [0.1, 0.15) is 25.0 Å². The smallest absolute Gasteiger partial charge is 0.324 e. The molecule has 3 heterocycles. The third-order valence-electron chi connectivity index (χ3n) is 5.09. The van der Waals surface area contributed by atoms with E-state index < -0.39 is 17.9 Å². The molecule has 0 radical (unpaired) electrons. The van der Waals surface area contributed by atoms with E-state index in [-0.39, 0.29) is 30.4 Å². The maximum atomic E-state index is 12.0. The molecule has 0 bridgehead atoms. The Bertz CT molecular complexity index is 842. The van der Waals surface area contributed by atoms with Crippen LogP contribution in [0, 0.1) is 0 Å². The molecule has 3 unspecified atom stereocenters. The molecule has 1 aromatic rings. The average molecular weight is 451 g/mol. The predicted octanol–water partition coefficient (Wildman–Crippen LogP) is -2.07. The van der Waals surface area contributed by atoms with Gasteiger partial charge in [0.15, 0.2) is 0 Å². The number of nitrogens with zero attached hydrogens (tertiary/aromatic N) is 3. The zero-order chi connectivity index (χ0) is 23.7. The highest BCUT2D eigenvalue weighted by molar-refractivity contribution is 5.90. The highest BCUT2D eigenvalue weighted by atomic mass is 16.4. The van der Waals surface area contributed by atoms with Crippen LogP contribution in [-0.4, -0.2) is 81.0 Å². The van der Waals surface area contributed by atoms with E-state index in [1.807, 2.05) is 6.92 Å². The van der Waals surface area contributed by atoms with Crippen molar-refractivity contribution < 1.29 is 29.1 Å².